The Morgan fingerprint density at radius 2 is 2.11 bits per heavy atom. The molecule has 2 rings (SSSR count). The first kappa shape index (κ1) is 13.6. The molecule has 1 amide bonds. The Labute approximate surface area is 117 Å². The highest BCUT2D eigenvalue weighted by molar-refractivity contribution is 6.32. The molecule has 1 aromatic carbocycles. The van der Waals surface area contributed by atoms with Gasteiger partial charge >= 0.3 is 0 Å². The number of rotatable bonds is 3. The molecule has 3 nitrogen and oxygen atoms in total. The number of hydrogen-bond acceptors (Lipinski definition) is 2. The fourth-order valence-electron chi connectivity index (χ4n) is 1.87. The van der Waals surface area contributed by atoms with E-state index in [1.165, 1.54) is 0 Å². The molecule has 0 saturated carbocycles. The zero-order chi connectivity index (χ0) is 13.8. The Hall–Kier alpha value is -1.87. The van der Waals surface area contributed by atoms with E-state index < -0.39 is 0 Å². The van der Waals surface area contributed by atoms with Gasteiger partial charge in [0.2, 0.25) is 5.91 Å². The molecule has 0 atom stereocenters. The van der Waals surface area contributed by atoms with Crippen molar-refractivity contribution in [3.05, 3.63) is 58.4 Å². The van der Waals surface area contributed by atoms with E-state index in [9.17, 15) is 4.79 Å². The summed E-state index contributed by atoms with van der Waals surface area (Å²) >= 11 is 5.98. The van der Waals surface area contributed by atoms with Crippen molar-refractivity contribution < 1.29 is 4.79 Å². The molecule has 0 fully saturated rings. The predicted octanol–water partition coefficient (Wildman–Crippen LogP) is 3.53. The molecule has 0 unspecified atom stereocenters. The van der Waals surface area contributed by atoms with Crippen LogP contribution in [0.1, 0.15) is 16.7 Å². The van der Waals surface area contributed by atoms with Crippen molar-refractivity contribution in [2.45, 2.75) is 20.3 Å². The van der Waals surface area contributed by atoms with Crippen molar-refractivity contribution in [3.63, 3.8) is 0 Å². The number of aromatic nitrogens is 1. The Morgan fingerprint density at radius 1 is 1.32 bits per heavy atom. The third-order valence-electron chi connectivity index (χ3n) is 2.82. The van der Waals surface area contributed by atoms with E-state index in [0.29, 0.717) is 17.3 Å². The summed E-state index contributed by atoms with van der Waals surface area (Å²) in [7, 11) is 0. The summed E-state index contributed by atoms with van der Waals surface area (Å²) in [5.41, 5.74) is 3.61. The van der Waals surface area contributed by atoms with Crippen molar-refractivity contribution >= 4 is 23.2 Å². The van der Waals surface area contributed by atoms with Gasteiger partial charge in [0.05, 0.1) is 12.1 Å². The molecule has 0 radical (unpaired) electrons. The maximum Gasteiger partial charge on any atom is 0.228 e. The molecule has 98 valence electrons. The first-order valence-corrected chi connectivity index (χ1v) is 6.40. The molecule has 1 N–H and O–H groups in total. The van der Waals surface area contributed by atoms with Crippen molar-refractivity contribution in [1.29, 1.82) is 0 Å². The van der Waals surface area contributed by atoms with Crippen molar-refractivity contribution in [2.24, 2.45) is 0 Å². The number of nitrogens with zero attached hydrogens (tertiary/aromatic N) is 1. The topological polar surface area (TPSA) is 42.0 Å². The minimum atomic E-state index is -0.0939. The van der Waals surface area contributed by atoms with Crippen LogP contribution in [0.15, 0.2) is 36.5 Å². The van der Waals surface area contributed by atoms with E-state index in [1.807, 2.05) is 44.2 Å². The van der Waals surface area contributed by atoms with E-state index >= 15 is 0 Å². The Kier molecular flexibility index (Phi) is 4.17. The van der Waals surface area contributed by atoms with Crippen molar-refractivity contribution in [1.82, 2.24) is 4.98 Å². The van der Waals surface area contributed by atoms with Gasteiger partial charge in [0.1, 0.15) is 0 Å². The average Bonchev–Trinajstić information content (AvgIpc) is 2.34. The lowest BCUT2D eigenvalue weighted by Crippen LogP contribution is -2.15. The predicted molar refractivity (Wildman–Crippen MR) is 77.5 cm³/mol. The summed E-state index contributed by atoms with van der Waals surface area (Å²) in [5.74, 6) is -0.0939. The first-order chi connectivity index (χ1) is 9.06. The Bertz CT molecular complexity index is 591. The lowest BCUT2D eigenvalue weighted by Gasteiger charge is -2.09. The number of benzene rings is 1. The highest BCUT2D eigenvalue weighted by Gasteiger charge is 2.09. The monoisotopic (exact) mass is 274 g/mol. The summed E-state index contributed by atoms with van der Waals surface area (Å²) < 4.78 is 0. The SMILES string of the molecule is Cc1cccc(CC(=O)Nc2c(C)ccnc2Cl)c1. The van der Waals surface area contributed by atoms with Crippen LogP contribution in [0.3, 0.4) is 0 Å². The van der Waals surface area contributed by atoms with Crippen molar-refractivity contribution in [3.8, 4) is 0 Å². The molecule has 1 heterocycles. The molecule has 1 aromatic heterocycles. The van der Waals surface area contributed by atoms with Crippen LogP contribution >= 0.6 is 11.6 Å². The molecule has 4 heteroatoms. The summed E-state index contributed by atoms with van der Waals surface area (Å²) in [5, 5.41) is 3.13. The van der Waals surface area contributed by atoms with Gasteiger partial charge in [0, 0.05) is 6.20 Å². The van der Waals surface area contributed by atoms with Gasteiger partial charge in [-0.05, 0) is 31.0 Å². The quantitative estimate of drug-likeness (QED) is 0.870. The maximum atomic E-state index is 12.0. The minimum absolute atomic E-state index is 0.0939. The van der Waals surface area contributed by atoms with Gasteiger partial charge in [0.25, 0.3) is 0 Å². The summed E-state index contributed by atoms with van der Waals surface area (Å²) in [6.07, 6.45) is 1.94. The summed E-state index contributed by atoms with van der Waals surface area (Å²) in [4.78, 5) is 16.0. The lowest BCUT2D eigenvalue weighted by atomic mass is 10.1. The fraction of sp³-hybridized carbons (Fsp3) is 0.200. The molecule has 2 aromatic rings. The van der Waals surface area contributed by atoms with Gasteiger partial charge in [-0.2, -0.15) is 0 Å². The second kappa shape index (κ2) is 5.85. The third kappa shape index (κ3) is 3.55. The normalized spacial score (nSPS) is 10.3. The zero-order valence-corrected chi connectivity index (χ0v) is 11.7. The number of halogens is 1. The fourth-order valence-corrected chi connectivity index (χ4v) is 2.12. The number of amides is 1. The van der Waals surface area contributed by atoms with Crippen molar-refractivity contribution in [2.75, 3.05) is 5.32 Å². The number of hydrogen-bond donors (Lipinski definition) is 1. The van der Waals surface area contributed by atoms with Crippen LogP contribution in [0.2, 0.25) is 5.15 Å². The molecular weight excluding hydrogens is 260 g/mol. The van der Waals surface area contributed by atoms with E-state index in [1.54, 1.807) is 6.20 Å². The van der Waals surface area contributed by atoms with Gasteiger partial charge in [-0.3, -0.25) is 4.79 Å². The number of carbonyl (C=O) groups excluding carboxylic acids is 1. The van der Waals surface area contributed by atoms with E-state index in [4.69, 9.17) is 11.6 Å². The Morgan fingerprint density at radius 3 is 2.79 bits per heavy atom. The van der Waals surface area contributed by atoms with Crippen LogP contribution in [0.4, 0.5) is 5.69 Å². The van der Waals surface area contributed by atoms with Gasteiger partial charge in [-0.25, -0.2) is 4.98 Å². The maximum absolute atomic E-state index is 12.0. The molecule has 0 aliphatic carbocycles. The van der Waals surface area contributed by atoms with Crippen LogP contribution in [0.5, 0.6) is 0 Å². The van der Waals surface area contributed by atoms with Gasteiger partial charge in [0.15, 0.2) is 5.15 Å². The average molecular weight is 275 g/mol. The van der Waals surface area contributed by atoms with Crippen LogP contribution in [-0.4, -0.2) is 10.9 Å². The van der Waals surface area contributed by atoms with Gasteiger partial charge in [-0.15, -0.1) is 0 Å². The van der Waals surface area contributed by atoms with E-state index in [0.717, 1.165) is 16.7 Å². The summed E-state index contributed by atoms with van der Waals surface area (Å²) in [6.45, 7) is 3.89. The molecule has 19 heavy (non-hydrogen) atoms. The summed E-state index contributed by atoms with van der Waals surface area (Å²) in [6, 6.07) is 9.69. The molecule has 0 spiro atoms. The number of aryl methyl sites for hydroxylation is 2. The third-order valence-corrected chi connectivity index (χ3v) is 3.11. The van der Waals surface area contributed by atoms with Crippen LogP contribution in [-0.2, 0) is 11.2 Å². The van der Waals surface area contributed by atoms with Gasteiger partial charge < -0.3 is 5.32 Å². The molecule has 0 saturated heterocycles. The Balaban J connectivity index is 2.10. The number of carbonyl (C=O) groups is 1. The molecule has 0 bridgehead atoms. The molecule has 0 aliphatic rings. The van der Waals surface area contributed by atoms with E-state index in [2.05, 4.69) is 10.3 Å². The highest BCUT2D eigenvalue weighted by atomic mass is 35.5. The second-order valence-electron chi connectivity index (χ2n) is 4.51. The molecular formula is C15H15ClN2O. The number of nitrogens with one attached hydrogen (secondary N) is 1. The highest BCUT2D eigenvalue weighted by Crippen LogP contribution is 2.22. The van der Waals surface area contributed by atoms with Gasteiger partial charge in [-0.1, -0.05) is 41.4 Å². The largest absolute Gasteiger partial charge is 0.323 e. The standard InChI is InChI=1S/C15H15ClN2O/c1-10-4-3-5-12(8-10)9-13(19)18-14-11(2)6-7-17-15(14)16/h3-8H,9H2,1-2H3,(H,18,19). The number of anilines is 1. The lowest BCUT2D eigenvalue weighted by molar-refractivity contribution is -0.115. The van der Waals surface area contributed by atoms with Crippen LogP contribution < -0.4 is 5.32 Å². The minimum Gasteiger partial charge on any atom is -0.323 e. The van der Waals surface area contributed by atoms with Crippen LogP contribution in [0.25, 0.3) is 0 Å². The van der Waals surface area contributed by atoms with E-state index in [-0.39, 0.29) is 5.91 Å². The second-order valence-corrected chi connectivity index (χ2v) is 4.87. The first-order valence-electron chi connectivity index (χ1n) is 6.03. The van der Waals surface area contributed by atoms with Crippen LogP contribution in [0, 0.1) is 13.8 Å². The zero-order valence-electron chi connectivity index (χ0n) is 10.9. The number of pyridine rings is 1. The smallest absolute Gasteiger partial charge is 0.228 e. The molecule has 0 aliphatic heterocycles.